The van der Waals surface area contributed by atoms with Crippen molar-refractivity contribution in [2.45, 2.75) is 18.9 Å². The van der Waals surface area contributed by atoms with E-state index in [9.17, 15) is 9.59 Å². The highest BCUT2D eigenvalue weighted by Crippen LogP contribution is 2.11. The second kappa shape index (κ2) is 4.70. The monoisotopic (exact) mass is 207 g/mol. The molecular weight excluding hydrogens is 194 g/mol. The summed E-state index contributed by atoms with van der Waals surface area (Å²) in [7, 11) is 0. The fourth-order valence-corrected chi connectivity index (χ4v) is 1.27. The third-order valence-electron chi connectivity index (χ3n) is 2.04. The third-order valence-corrected chi connectivity index (χ3v) is 2.04. The summed E-state index contributed by atoms with van der Waals surface area (Å²) < 4.78 is 4.23. The van der Waals surface area contributed by atoms with Crippen LogP contribution in [0.25, 0.3) is 0 Å². The van der Waals surface area contributed by atoms with Crippen LogP contribution in [0.2, 0.25) is 0 Å². The summed E-state index contributed by atoms with van der Waals surface area (Å²) in [4.78, 5) is 21.3. The van der Waals surface area contributed by atoms with Crippen molar-refractivity contribution in [2.24, 2.45) is 5.73 Å². The van der Waals surface area contributed by atoms with Gasteiger partial charge in [-0.1, -0.05) is 30.3 Å². The first-order valence-electron chi connectivity index (χ1n) is 4.54. The molecule has 1 aromatic rings. The SMILES string of the molecule is C[C@](N)(Cc1ccccc1)C(=O)OC=O. The van der Waals surface area contributed by atoms with Crippen molar-refractivity contribution in [2.75, 3.05) is 0 Å². The largest absolute Gasteiger partial charge is 0.394 e. The minimum absolute atomic E-state index is 0.0957. The third kappa shape index (κ3) is 3.18. The molecule has 1 aromatic carbocycles. The predicted molar refractivity (Wildman–Crippen MR) is 54.9 cm³/mol. The van der Waals surface area contributed by atoms with Gasteiger partial charge in [0.05, 0.1) is 0 Å². The van der Waals surface area contributed by atoms with Crippen LogP contribution in [0, 0.1) is 0 Å². The Balaban J connectivity index is 2.72. The van der Waals surface area contributed by atoms with Crippen molar-refractivity contribution in [3.8, 4) is 0 Å². The van der Waals surface area contributed by atoms with Crippen LogP contribution in [0.3, 0.4) is 0 Å². The lowest BCUT2D eigenvalue weighted by Crippen LogP contribution is -2.47. The van der Waals surface area contributed by atoms with E-state index in [2.05, 4.69) is 4.74 Å². The molecule has 0 aliphatic heterocycles. The van der Waals surface area contributed by atoms with Crippen molar-refractivity contribution in [1.29, 1.82) is 0 Å². The van der Waals surface area contributed by atoms with E-state index in [1.54, 1.807) is 0 Å². The van der Waals surface area contributed by atoms with Gasteiger partial charge < -0.3 is 10.5 Å². The summed E-state index contributed by atoms with van der Waals surface area (Å²) >= 11 is 0. The minimum Gasteiger partial charge on any atom is -0.394 e. The van der Waals surface area contributed by atoms with Crippen molar-refractivity contribution in [3.05, 3.63) is 35.9 Å². The van der Waals surface area contributed by atoms with Gasteiger partial charge in [-0.15, -0.1) is 0 Å². The molecule has 0 aliphatic carbocycles. The molecule has 0 bridgehead atoms. The summed E-state index contributed by atoms with van der Waals surface area (Å²) in [6, 6.07) is 9.31. The van der Waals surface area contributed by atoms with E-state index in [4.69, 9.17) is 5.73 Å². The first-order chi connectivity index (χ1) is 7.06. The molecule has 0 unspecified atom stereocenters. The first-order valence-corrected chi connectivity index (χ1v) is 4.54. The van der Waals surface area contributed by atoms with Crippen LogP contribution in [0.4, 0.5) is 0 Å². The molecule has 80 valence electrons. The van der Waals surface area contributed by atoms with E-state index in [0.717, 1.165) is 5.56 Å². The second-order valence-electron chi connectivity index (χ2n) is 3.58. The van der Waals surface area contributed by atoms with Gasteiger partial charge in [0.25, 0.3) is 0 Å². The maximum absolute atomic E-state index is 11.3. The zero-order valence-corrected chi connectivity index (χ0v) is 8.47. The van der Waals surface area contributed by atoms with E-state index in [1.807, 2.05) is 30.3 Å². The number of rotatable bonds is 4. The molecule has 0 spiro atoms. The highest BCUT2D eigenvalue weighted by atomic mass is 16.6. The molecule has 1 atom stereocenters. The number of benzene rings is 1. The normalized spacial score (nSPS) is 14.0. The second-order valence-corrected chi connectivity index (χ2v) is 3.58. The fraction of sp³-hybridized carbons (Fsp3) is 0.273. The molecule has 0 radical (unpaired) electrons. The fourth-order valence-electron chi connectivity index (χ4n) is 1.27. The van der Waals surface area contributed by atoms with Crippen molar-refractivity contribution >= 4 is 12.4 Å². The first kappa shape index (κ1) is 11.4. The van der Waals surface area contributed by atoms with Crippen LogP contribution in [0.15, 0.2) is 30.3 Å². The highest BCUT2D eigenvalue weighted by molar-refractivity contribution is 5.85. The Morgan fingerprint density at radius 3 is 2.60 bits per heavy atom. The minimum atomic E-state index is -1.18. The number of carbonyl (C=O) groups is 2. The molecule has 0 saturated carbocycles. The molecule has 0 saturated heterocycles. The van der Waals surface area contributed by atoms with Crippen LogP contribution in [0.1, 0.15) is 12.5 Å². The van der Waals surface area contributed by atoms with Crippen molar-refractivity contribution in [1.82, 2.24) is 0 Å². The zero-order chi connectivity index (χ0) is 11.3. The number of carbonyl (C=O) groups excluding carboxylic acids is 2. The Labute approximate surface area is 88.0 Å². The van der Waals surface area contributed by atoms with Crippen LogP contribution in [-0.2, 0) is 20.7 Å². The van der Waals surface area contributed by atoms with Gasteiger partial charge in [0, 0.05) is 6.42 Å². The molecule has 2 N–H and O–H groups in total. The number of esters is 1. The van der Waals surface area contributed by atoms with E-state index < -0.39 is 11.5 Å². The lowest BCUT2D eigenvalue weighted by Gasteiger charge is -2.20. The lowest BCUT2D eigenvalue weighted by molar-refractivity contribution is -0.155. The van der Waals surface area contributed by atoms with Gasteiger partial charge in [0.2, 0.25) is 0 Å². The molecule has 0 fully saturated rings. The van der Waals surface area contributed by atoms with Gasteiger partial charge >= 0.3 is 12.4 Å². The molecule has 15 heavy (non-hydrogen) atoms. The number of ether oxygens (including phenoxy) is 1. The van der Waals surface area contributed by atoms with Crippen molar-refractivity contribution < 1.29 is 14.3 Å². The molecular formula is C11H13NO3. The summed E-state index contributed by atoms with van der Waals surface area (Å²) in [6.07, 6.45) is 0.334. The summed E-state index contributed by atoms with van der Waals surface area (Å²) in [5, 5.41) is 0. The molecule has 0 aliphatic rings. The van der Waals surface area contributed by atoms with Gasteiger partial charge in [0.1, 0.15) is 5.54 Å². The quantitative estimate of drug-likeness (QED) is 0.447. The van der Waals surface area contributed by atoms with Gasteiger partial charge in [0.15, 0.2) is 0 Å². The summed E-state index contributed by atoms with van der Waals surface area (Å²) in [6.45, 7) is 1.63. The Hall–Kier alpha value is -1.68. The van der Waals surface area contributed by atoms with Crippen LogP contribution < -0.4 is 5.73 Å². The molecule has 0 heterocycles. The maximum atomic E-state index is 11.3. The van der Waals surface area contributed by atoms with Crippen LogP contribution in [0.5, 0.6) is 0 Å². The van der Waals surface area contributed by atoms with Crippen LogP contribution in [-0.4, -0.2) is 18.0 Å². The molecule has 4 nitrogen and oxygen atoms in total. The highest BCUT2D eigenvalue weighted by Gasteiger charge is 2.30. The summed E-state index contributed by atoms with van der Waals surface area (Å²) in [5.41, 5.74) is 5.49. The Morgan fingerprint density at radius 1 is 1.47 bits per heavy atom. The topological polar surface area (TPSA) is 69.4 Å². The standard InChI is InChI=1S/C11H13NO3/c1-11(12,10(14)15-8-13)7-9-5-3-2-4-6-9/h2-6,8H,7,12H2,1H3/t11-/m0/s1. The van der Waals surface area contributed by atoms with E-state index in [0.29, 0.717) is 6.42 Å². The maximum Gasteiger partial charge on any atom is 0.333 e. The van der Waals surface area contributed by atoms with E-state index in [-0.39, 0.29) is 6.47 Å². The molecule has 4 heteroatoms. The number of nitrogens with two attached hydrogens (primary N) is 1. The average Bonchev–Trinajstić information content (AvgIpc) is 2.19. The smallest absolute Gasteiger partial charge is 0.333 e. The summed E-state index contributed by atoms with van der Waals surface area (Å²) in [5.74, 6) is -0.721. The molecule has 0 aromatic heterocycles. The Morgan fingerprint density at radius 2 is 2.07 bits per heavy atom. The Bertz CT molecular complexity index is 346. The van der Waals surface area contributed by atoms with Gasteiger partial charge in [-0.3, -0.25) is 4.79 Å². The predicted octanol–water partition coefficient (Wildman–Crippen LogP) is 0.646. The molecule has 1 rings (SSSR count). The van der Waals surface area contributed by atoms with Gasteiger partial charge in [-0.05, 0) is 12.5 Å². The molecule has 0 amide bonds. The van der Waals surface area contributed by atoms with Crippen LogP contribution >= 0.6 is 0 Å². The zero-order valence-electron chi connectivity index (χ0n) is 8.47. The average molecular weight is 207 g/mol. The van der Waals surface area contributed by atoms with E-state index >= 15 is 0 Å². The van der Waals surface area contributed by atoms with Crippen molar-refractivity contribution in [3.63, 3.8) is 0 Å². The number of hydrogen-bond acceptors (Lipinski definition) is 4. The van der Waals surface area contributed by atoms with E-state index in [1.165, 1.54) is 6.92 Å². The van der Waals surface area contributed by atoms with Gasteiger partial charge in [-0.2, -0.15) is 0 Å². The van der Waals surface area contributed by atoms with Gasteiger partial charge in [-0.25, -0.2) is 4.79 Å². The lowest BCUT2D eigenvalue weighted by atomic mass is 9.94. The number of hydrogen-bond donors (Lipinski definition) is 1. The Kier molecular flexibility index (Phi) is 3.57.